The molecule has 0 bridgehead atoms. The molecule has 0 aliphatic carbocycles. The van der Waals surface area contributed by atoms with Crippen LogP contribution >= 0.6 is 46.4 Å². The Morgan fingerprint density at radius 1 is 0.700 bits per heavy atom. The van der Waals surface area contributed by atoms with Gasteiger partial charge in [-0.05, 0) is 43.0 Å². The number of carbonyl (C=O) groups excluding carboxylic acids is 2. The highest BCUT2D eigenvalue weighted by atomic mass is 35.5. The van der Waals surface area contributed by atoms with Gasteiger partial charge in [0.1, 0.15) is 0 Å². The third kappa shape index (κ3) is 3.61. The molecular formula is C23H15Cl4NO2. The Kier molecular flexibility index (Phi) is 5.82. The minimum Gasteiger partial charge on any atom is -0.268 e. The van der Waals surface area contributed by atoms with Crippen LogP contribution in [-0.4, -0.2) is 11.8 Å². The summed E-state index contributed by atoms with van der Waals surface area (Å²) in [6.45, 7) is 2.05. The Balaban J connectivity index is 1.65. The minimum absolute atomic E-state index is 0.0221. The van der Waals surface area contributed by atoms with Crippen LogP contribution in [0.1, 0.15) is 37.4 Å². The zero-order valence-corrected chi connectivity index (χ0v) is 18.8. The molecule has 1 aliphatic rings. The molecule has 3 aromatic rings. The number of halogens is 4. The van der Waals surface area contributed by atoms with Crippen LogP contribution in [0, 0.1) is 6.92 Å². The van der Waals surface area contributed by atoms with Gasteiger partial charge in [-0.15, -0.1) is 0 Å². The van der Waals surface area contributed by atoms with Gasteiger partial charge in [0.25, 0.3) is 11.8 Å². The number of anilines is 1. The number of nitrogens with zero attached hydrogens (tertiary/aromatic N) is 1. The molecule has 3 aromatic carbocycles. The fraction of sp³-hybridized carbons (Fsp3) is 0.130. The lowest BCUT2D eigenvalue weighted by atomic mass is 10.0. The van der Waals surface area contributed by atoms with Crippen molar-refractivity contribution in [2.24, 2.45) is 0 Å². The van der Waals surface area contributed by atoms with Crippen LogP contribution in [0.2, 0.25) is 20.1 Å². The number of amides is 2. The molecule has 3 nitrogen and oxygen atoms in total. The third-order valence-electron chi connectivity index (χ3n) is 5.09. The quantitative estimate of drug-likeness (QED) is 0.226. The summed E-state index contributed by atoms with van der Waals surface area (Å²) < 4.78 is 0. The molecule has 0 radical (unpaired) electrons. The second-order valence-electron chi connectivity index (χ2n) is 7.11. The van der Waals surface area contributed by atoms with Crippen LogP contribution in [0.4, 0.5) is 5.69 Å². The maximum atomic E-state index is 13.0. The van der Waals surface area contributed by atoms with Crippen molar-refractivity contribution in [1.82, 2.24) is 0 Å². The molecule has 0 saturated heterocycles. The van der Waals surface area contributed by atoms with Gasteiger partial charge in [0.2, 0.25) is 0 Å². The van der Waals surface area contributed by atoms with Crippen LogP contribution in [0.5, 0.6) is 0 Å². The predicted molar refractivity (Wildman–Crippen MR) is 123 cm³/mol. The first kappa shape index (κ1) is 21.2. The Bertz CT molecular complexity index is 1140. The van der Waals surface area contributed by atoms with E-state index in [2.05, 4.69) is 24.3 Å². The van der Waals surface area contributed by atoms with E-state index in [1.54, 1.807) is 6.07 Å². The summed E-state index contributed by atoms with van der Waals surface area (Å²) in [5, 5.41) is -0.233. The molecule has 0 N–H and O–H groups in total. The second kappa shape index (κ2) is 8.24. The Morgan fingerprint density at radius 2 is 1.23 bits per heavy atom. The lowest BCUT2D eigenvalue weighted by Crippen LogP contribution is -2.29. The smallest absolute Gasteiger partial charge is 0.267 e. The molecule has 0 saturated carbocycles. The molecule has 4 rings (SSSR count). The van der Waals surface area contributed by atoms with Crippen molar-refractivity contribution in [2.75, 3.05) is 4.90 Å². The molecule has 1 aliphatic heterocycles. The van der Waals surface area contributed by atoms with Gasteiger partial charge in [0.05, 0.1) is 36.9 Å². The van der Waals surface area contributed by atoms with Gasteiger partial charge < -0.3 is 0 Å². The van der Waals surface area contributed by atoms with Gasteiger partial charge in [0, 0.05) is 0 Å². The Morgan fingerprint density at radius 3 is 1.80 bits per heavy atom. The molecule has 0 fully saturated rings. The number of imide groups is 1. The van der Waals surface area contributed by atoms with E-state index < -0.39 is 11.8 Å². The third-order valence-corrected chi connectivity index (χ3v) is 6.89. The summed E-state index contributed by atoms with van der Waals surface area (Å²) in [4.78, 5) is 27.1. The topological polar surface area (TPSA) is 37.4 Å². The van der Waals surface area contributed by atoms with Crippen LogP contribution in [0.25, 0.3) is 0 Å². The monoisotopic (exact) mass is 477 g/mol. The summed E-state index contributed by atoms with van der Waals surface area (Å²) in [6.07, 6.45) is 1.61. The molecule has 0 atom stereocenters. The van der Waals surface area contributed by atoms with Crippen LogP contribution < -0.4 is 4.90 Å². The van der Waals surface area contributed by atoms with Crippen molar-refractivity contribution < 1.29 is 9.59 Å². The molecule has 0 spiro atoms. The zero-order valence-electron chi connectivity index (χ0n) is 15.8. The Hall–Kier alpha value is -2.04. The number of rotatable bonds is 4. The summed E-state index contributed by atoms with van der Waals surface area (Å²) in [5.74, 6) is -1.15. The average molecular weight is 479 g/mol. The second-order valence-corrected chi connectivity index (χ2v) is 8.62. The van der Waals surface area contributed by atoms with Gasteiger partial charge >= 0.3 is 0 Å². The highest BCUT2D eigenvalue weighted by molar-refractivity contribution is 6.56. The van der Waals surface area contributed by atoms with Crippen molar-refractivity contribution in [1.29, 1.82) is 0 Å². The summed E-state index contributed by atoms with van der Waals surface area (Å²) in [6, 6.07) is 15.6. The number of aryl methyl sites for hydroxylation is 3. The molecule has 7 heteroatoms. The van der Waals surface area contributed by atoms with Crippen molar-refractivity contribution in [3.63, 3.8) is 0 Å². The lowest BCUT2D eigenvalue weighted by molar-refractivity contribution is 0.0926. The van der Waals surface area contributed by atoms with Crippen LogP contribution in [-0.2, 0) is 12.8 Å². The SMILES string of the molecule is Cc1ccc(CCc2cccc(N3C(=O)c4c(Cl)c(Cl)c(Cl)c(Cl)c4C3=O)c2)cc1. The van der Waals surface area contributed by atoms with Gasteiger partial charge in [-0.3, -0.25) is 9.59 Å². The van der Waals surface area contributed by atoms with Crippen molar-refractivity contribution >= 4 is 63.9 Å². The highest BCUT2D eigenvalue weighted by Gasteiger charge is 2.42. The van der Waals surface area contributed by atoms with Crippen LogP contribution in [0.15, 0.2) is 48.5 Å². The first-order valence-corrected chi connectivity index (χ1v) is 10.7. The van der Waals surface area contributed by atoms with Crippen molar-refractivity contribution in [3.8, 4) is 0 Å². The van der Waals surface area contributed by atoms with E-state index in [0.29, 0.717) is 5.69 Å². The normalized spacial score (nSPS) is 13.2. The largest absolute Gasteiger partial charge is 0.268 e. The minimum atomic E-state index is -0.573. The number of benzene rings is 3. The number of carbonyl (C=O) groups is 2. The molecule has 30 heavy (non-hydrogen) atoms. The van der Waals surface area contributed by atoms with Crippen LogP contribution in [0.3, 0.4) is 0 Å². The standard InChI is InChI=1S/C23H15Cl4NO2/c1-12-5-7-13(8-6-12)9-10-14-3-2-4-15(11-14)28-22(29)16-17(23(28)30)19(25)21(27)20(26)18(16)24/h2-8,11H,9-10H2,1H3. The van der Waals surface area contributed by atoms with Gasteiger partial charge in [0.15, 0.2) is 0 Å². The van der Waals surface area contributed by atoms with E-state index in [1.807, 2.05) is 25.1 Å². The summed E-state index contributed by atoms with van der Waals surface area (Å²) in [5.41, 5.74) is 3.83. The first-order chi connectivity index (χ1) is 14.3. The van der Waals surface area contributed by atoms with E-state index in [4.69, 9.17) is 46.4 Å². The summed E-state index contributed by atoms with van der Waals surface area (Å²) in [7, 11) is 0. The fourth-order valence-electron chi connectivity index (χ4n) is 3.48. The van der Waals surface area contributed by atoms with E-state index in [9.17, 15) is 9.59 Å². The van der Waals surface area contributed by atoms with E-state index in [0.717, 1.165) is 23.3 Å². The summed E-state index contributed by atoms with van der Waals surface area (Å²) >= 11 is 24.6. The maximum absolute atomic E-state index is 13.0. The van der Waals surface area contributed by atoms with Gasteiger partial charge in [-0.25, -0.2) is 4.90 Å². The van der Waals surface area contributed by atoms with E-state index in [-0.39, 0.29) is 31.2 Å². The van der Waals surface area contributed by atoms with Crippen molar-refractivity contribution in [2.45, 2.75) is 19.8 Å². The molecule has 152 valence electrons. The first-order valence-electron chi connectivity index (χ1n) is 9.18. The Labute approximate surface area is 194 Å². The van der Waals surface area contributed by atoms with Crippen molar-refractivity contribution in [3.05, 3.63) is 96.4 Å². The molecule has 0 aromatic heterocycles. The fourth-order valence-corrected chi connectivity index (χ4v) is 4.49. The molecule has 2 amide bonds. The number of hydrogen-bond donors (Lipinski definition) is 0. The zero-order chi connectivity index (χ0) is 21.6. The van der Waals surface area contributed by atoms with Gasteiger partial charge in [-0.1, -0.05) is 88.4 Å². The predicted octanol–water partition coefficient (Wildman–Crippen LogP) is 7.19. The average Bonchev–Trinajstić information content (AvgIpc) is 3.00. The lowest BCUT2D eigenvalue weighted by Gasteiger charge is -2.15. The number of fused-ring (bicyclic) bond motifs is 1. The van der Waals surface area contributed by atoms with Gasteiger partial charge in [-0.2, -0.15) is 0 Å². The maximum Gasteiger partial charge on any atom is 0.267 e. The van der Waals surface area contributed by atoms with E-state index >= 15 is 0 Å². The molecular weight excluding hydrogens is 464 g/mol. The number of hydrogen-bond acceptors (Lipinski definition) is 2. The molecule has 0 unspecified atom stereocenters. The van der Waals surface area contributed by atoms with E-state index in [1.165, 1.54) is 11.1 Å². The molecule has 1 heterocycles. The highest BCUT2D eigenvalue weighted by Crippen LogP contribution is 2.45.